The number of carbonyl (C=O) groups excluding carboxylic acids is 1. The fourth-order valence-corrected chi connectivity index (χ4v) is 2.76. The van der Waals surface area contributed by atoms with Crippen LogP contribution in [0.5, 0.6) is 0 Å². The number of aromatic carboxylic acids is 1. The van der Waals surface area contributed by atoms with E-state index in [0.717, 1.165) is 12.1 Å². The van der Waals surface area contributed by atoms with Gasteiger partial charge < -0.3 is 24.5 Å². The molecule has 1 heterocycles. The van der Waals surface area contributed by atoms with Crippen molar-refractivity contribution in [2.75, 3.05) is 6.54 Å². The Morgan fingerprint density at radius 3 is 2.19 bits per heavy atom. The molecule has 0 unspecified atom stereocenters. The highest BCUT2D eigenvalue weighted by Gasteiger charge is 2.52. The van der Waals surface area contributed by atoms with Crippen LogP contribution in [0.2, 0.25) is 0 Å². The third kappa shape index (κ3) is 5.83. The molecule has 1 amide bonds. The van der Waals surface area contributed by atoms with Crippen LogP contribution in [0.15, 0.2) is 17.6 Å². The van der Waals surface area contributed by atoms with Crippen LogP contribution in [0.25, 0.3) is 6.08 Å². The van der Waals surface area contributed by atoms with Crippen molar-refractivity contribution in [2.24, 2.45) is 0 Å². The van der Waals surface area contributed by atoms with Crippen molar-refractivity contribution in [3.8, 4) is 0 Å². The molecule has 170 valence electrons. The molecule has 0 saturated carbocycles. The van der Waals surface area contributed by atoms with Gasteiger partial charge in [-0.15, -0.1) is 0 Å². The summed E-state index contributed by atoms with van der Waals surface area (Å²) in [6.45, 7) is 12.3. The number of rotatable bonds is 5. The molecule has 0 spiro atoms. The monoisotopic (exact) mass is 439 g/mol. The van der Waals surface area contributed by atoms with Crippen LogP contribution in [0.1, 0.15) is 64.4 Å². The Morgan fingerprint density at radius 1 is 1.16 bits per heavy atom. The topological polar surface area (TPSA) is 94.1 Å². The molecule has 1 aromatic carbocycles. The van der Waals surface area contributed by atoms with Gasteiger partial charge in [-0.05, 0) is 66.1 Å². The first-order valence-corrected chi connectivity index (χ1v) is 9.78. The molecule has 2 rings (SSSR count). The second kappa shape index (κ2) is 8.59. The lowest BCUT2D eigenvalue weighted by atomic mass is 9.77. The van der Waals surface area contributed by atoms with Crippen molar-refractivity contribution < 1.29 is 37.5 Å². The molecule has 0 aliphatic carbocycles. The van der Waals surface area contributed by atoms with E-state index in [1.165, 1.54) is 6.08 Å². The van der Waals surface area contributed by atoms with E-state index in [4.69, 9.17) is 19.2 Å². The van der Waals surface area contributed by atoms with Crippen molar-refractivity contribution in [1.82, 2.24) is 5.32 Å². The average Bonchev–Trinajstić information content (AvgIpc) is 2.79. The number of carboxylic acids is 1. The van der Waals surface area contributed by atoms with Gasteiger partial charge in [0.05, 0.1) is 11.2 Å². The van der Waals surface area contributed by atoms with E-state index in [1.807, 2.05) is 27.7 Å². The van der Waals surface area contributed by atoms with Crippen molar-refractivity contribution >= 4 is 25.3 Å². The molecule has 10 heteroatoms. The molecular formula is C21H28BF2NO6. The molecule has 2 N–H and O–H groups in total. The van der Waals surface area contributed by atoms with Gasteiger partial charge in [0, 0.05) is 12.1 Å². The largest absolute Gasteiger partial charge is 0.492 e. The molecular weight excluding hydrogens is 411 g/mol. The van der Waals surface area contributed by atoms with E-state index >= 15 is 0 Å². The number of benzene rings is 1. The highest BCUT2D eigenvalue weighted by molar-refractivity contribution is 6.56. The second-order valence-electron chi connectivity index (χ2n) is 9.29. The summed E-state index contributed by atoms with van der Waals surface area (Å²) >= 11 is 0. The van der Waals surface area contributed by atoms with Crippen LogP contribution in [0, 0.1) is 11.6 Å². The number of alkyl carbamates (subject to hydrolysis) is 1. The first-order valence-electron chi connectivity index (χ1n) is 9.78. The minimum Gasteiger partial charge on any atom is -0.477 e. The van der Waals surface area contributed by atoms with Crippen LogP contribution in [-0.2, 0) is 14.0 Å². The van der Waals surface area contributed by atoms with Gasteiger partial charge in [-0.3, -0.25) is 0 Å². The van der Waals surface area contributed by atoms with Gasteiger partial charge in [0.2, 0.25) is 0 Å². The van der Waals surface area contributed by atoms with Crippen molar-refractivity contribution in [3.05, 3.63) is 40.4 Å². The molecule has 0 bridgehead atoms. The highest BCUT2D eigenvalue weighted by Crippen LogP contribution is 2.39. The number of hydrogen-bond donors (Lipinski definition) is 2. The lowest BCUT2D eigenvalue weighted by molar-refractivity contribution is 0.00578. The summed E-state index contributed by atoms with van der Waals surface area (Å²) in [5.41, 5.74) is -3.10. The highest BCUT2D eigenvalue weighted by atomic mass is 19.1. The quantitative estimate of drug-likeness (QED) is 0.668. The zero-order valence-corrected chi connectivity index (χ0v) is 18.8. The van der Waals surface area contributed by atoms with E-state index in [2.05, 4.69) is 5.32 Å². The Kier molecular flexibility index (Phi) is 6.87. The Bertz CT molecular complexity index is 892. The van der Waals surface area contributed by atoms with E-state index < -0.39 is 53.2 Å². The normalized spacial score (nSPS) is 18.1. The van der Waals surface area contributed by atoms with E-state index in [9.17, 15) is 18.4 Å². The Balaban J connectivity index is 2.42. The van der Waals surface area contributed by atoms with Gasteiger partial charge in [0.15, 0.2) is 0 Å². The number of carbonyl (C=O) groups is 2. The van der Waals surface area contributed by atoms with Gasteiger partial charge >= 0.3 is 19.2 Å². The van der Waals surface area contributed by atoms with E-state index in [1.54, 1.807) is 20.8 Å². The first-order chi connectivity index (χ1) is 14.0. The number of amides is 1. The molecule has 31 heavy (non-hydrogen) atoms. The number of nitrogens with one attached hydrogen (secondary N) is 1. The van der Waals surface area contributed by atoms with Crippen LogP contribution in [0.3, 0.4) is 0 Å². The van der Waals surface area contributed by atoms with Gasteiger partial charge in [-0.1, -0.05) is 6.08 Å². The molecule has 0 aromatic heterocycles. The molecule has 1 aliphatic rings. The summed E-state index contributed by atoms with van der Waals surface area (Å²) in [5, 5.41) is 11.7. The van der Waals surface area contributed by atoms with Crippen LogP contribution >= 0.6 is 0 Å². The fraction of sp³-hybridized carbons (Fsp3) is 0.524. The van der Waals surface area contributed by atoms with Crippen molar-refractivity contribution in [2.45, 2.75) is 65.3 Å². The third-order valence-electron chi connectivity index (χ3n) is 5.07. The smallest absolute Gasteiger partial charge is 0.477 e. The average molecular weight is 439 g/mol. The first kappa shape index (κ1) is 24.8. The summed E-state index contributed by atoms with van der Waals surface area (Å²) in [6, 6.07) is 1.97. The second-order valence-corrected chi connectivity index (χ2v) is 9.29. The van der Waals surface area contributed by atoms with Gasteiger partial charge in [0.1, 0.15) is 22.8 Å². The predicted molar refractivity (Wildman–Crippen MR) is 112 cm³/mol. The Morgan fingerprint density at radius 2 is 1.71 bits per heavy atom. The third-order valence-corrected chi connectivity index (χ3v) is 5.07. The molecule has 0 atom stereocenters. The molecule has 1 aliphatic heterocycles. The summed E-state index contributed by atoms with van der Waals surface area (Å²) in [4.78, 5) is 23.3. The molecule has 1 aromatic rings. The van der Waals surface area contributed by atoms with Gasteiger partial charge in [0.25, 0.3) is 0 Å². The summed E-state index contributed by atoms with van der Waals surface area (Å²) in [6.07, 6.45) is 0.571. The summed E-state index contributed by atoms with van der Waals surface area (Å²) in [5.74, 6) is -4.15. The van der Waals surface area contributed by atoms with Gasteiger partial charge in [-0.2, -0.15) is 0 Å². The summed E-state index contributed by atoms with van der Waals surface area (Å²) in [7, 11) is -0.960. The maximum absolute atomic E-state index is 14.7. The summed E-state index contributed by atoms with van der Waals surface area (Å²) < 4.78 is 45.6. The van der Waals surface area contributed by atoms with Crippen LogP contribution in [0.4, 0.5) is 13.6 Å². The lowest BCUT2D eigenvalue weighted by Crippen LogP contribution is -2.41. The number of ether oxygens (including phenoxy) is 1. The van der Waals surface area contributed by atoms with Crippen molar-refractivity contribution in [3.63, 3.8) is 0 Å². The van der Waals surface area contributed by atoms with E-state index in [0.29, 0.717) is 5.47 Å². The lowest BCUT2D eigenvalue weighted by Gasteiger charge is -2.32. The molecule has 1 fully saturated rings. The minimum atomic E-state index is -1.73. The predicted octanol–water partition coefficient (Wildman–Crippen LogP) is 4.20. The molecule has 0 radical (unpaired) electrons. The number of halogens is 2. The Hall–Kier alpha value is -2.46. The zero-order chi connectivity index (χ0) is 23.8. The fourth-order valence-electron chi connectivity index (χ4n) is 2.76. The van der Waals surface area contributed by atoms with Crippen LogP contribution < -0.4 is 5.32 Å². The van der Waals surface area contributed by atoms with Gasteiger partial charge in [-0.25, -0.2) is 18.4 Å². The molecule has 7 nitrogen and oxygen atoms in total. The van der Waals surface area contributed by atoms with Crippen LogP contribution in [-0.4, -0.2) is 47.6 Å². The SMILES string of the molecule is CC(C)(C)OC(=O)NCC(=Cc1ccc(F)c(C(=O)O)c1F)B1OC(C)(C)C(C)(C)O1. The van der Waals surface area contributed by atoms with E-state index in [-0.39, 0.29) is 12.1 Å². The molecule has 1 saturated heterocycles. The minimum absolute atomic E-state index is 0.134. The van der Waals surface area contributed by atoms with Crippen molar-refractivity contribution in [1.29, 1.82) is 0 Å². The standard InChI is InChI=1S/C21H28BF2NO6/c1-19(2,3)29-18(28)25-11-13(22-30-20(4,5)21(6,7)31-22)10-12-8-9-14(23)15(16(12)24)17(26)27/h8-10H,11H2,1-7H3,(H,25,28)(H,26,27). The number of hydrogen-bond acceptors (Lipinski definition) is 5. The Labute approximate surface area is 180 Å². The number of carboxylic acid groups (broad SMARTS) is 1. The zero-order valence-electron chi connectivity index (χ0n) is 18.8. The maximum atomic E-state index is 14.7. The maximum Gasteiger partial charge on any atom is 0.492 e.